The highest BCUT2D eigenvalue weighted by atomic mass is 79.9. The van der Waals surface area contributed by atoms with Gasteiger partial charge >= 0.3 is 0 Å². The standard InChI is InChI=1S/C14H21BrN2/c1-2-12-6-4-3-5-9-17(12)14-8-7-11(15)10-13(14)16/h7-8,10,12H,2-6,9,16H2,1H3. The summed E-state index contributed by atoms with van der Waals surface area (Å²) < 4.78 is 1.06. The largest absolute Gasteiger partial charge is 0.397 e. The summed E-state index contributed by atoms with van der Waals surface area (Å²) in [5, 5.41) is 0. The van der Waals surface area contributed by atoms with Crippen molar-refractivity contribution in [2.24, 2.45) is 0 Å². The van der Waals surface area contributed by atoms with Crippen molar-refractivity contribution in [3.05, 3.63) is 22.7 Å². The van der Waals surface area contributed by atoms with Gasteiger partial charge in [0.15, 0.2) is 0 Å². The van der Waals surface area contributed by atoms with Crippen molar-refractivity contribution in [2.45, 2.75) is 45.1 Å². The summed E-state index contributed by atoms with van der Waals surface area (Å²) in [4.78, 5) is 2.51. The highest BCUT2D eigenvalue weighted by molar-refractivity contribution is 9.10. The molecule has 0 aliphatic carbocycles. The third kappa shape index (κ3) is 2.95. The van der Waals surface area contributed by atoms with E-state index in [1.165, 1.54) is 37.8 Å². The highest BCUT2D eigenvalue weighted by Gasteiger charge is 2.21. The number of hydrogen-bond acceptors (Lipinski definition) is 2. The zero-order valence-corrected chi connectivity index (χ0v) is 12.0. The molecule has 1 fully saturated rings. The first-order valence-corrected chi connectivity index (χ1v) is 7.33. The van der Waals surface area contributed by atoms with Crippen LogP contribution in [0.15, 0.2) is 22.7 Å². The molecule has 0 bridgehead atoms. The number of nitrogens with zero attached hydrogens (tertiary/aromatic N) is 1. The fourth-order valence-corrected chi connectivity index (χ4v) is 3.08. The van der Waals surface area contributed by atoms with Gasteiger partial charge in [0.05, 0.1) is 11.4 Å². The van der Waals surface area contributed by atoms with Gasteiger partial charge in [0.25, 0.3) is 0 Å². The van der Waals surface area contributed by atoms with Gasteiger partial charge in [-0.15, -0.1) is 0 Å². The van der Waals surface area contributed by atoms with E-state index in [-0.39, 0.29) is 0 Å². The predicted molar refractivity (Wildman–Crippen MR) is 78.4 cm³/mol. The minimum Gasteiger partial charge on any atom is -0.397 e. The summed E-state index contributed by atoms with van der Waals surface area (Å²) >= 11 is 3.47. The molecule has 17 heavy (non-hydrogen) atoms. The lowest BCUT2D eigenvalue weighted by Gasteiger charge is -2.32. The van der Waals surface area contributed by atoms with E-state index < -0.39 is 0 Å². The summed E-state index contributed by atoms with van der Waals surface area (Å²) in [5.41, 5.74) is 8.25. The van der Waals surface area contributed by atoms with Crippen LogP contribution in [0.1, 0.15) is 39.0 Å². The van der Waals surface area contributed by atoms with E-state index >= 15 is 0 Å². The van der Waals surface area contributed by atoms with Gasteiger partial charge in [-0.1, -0.05) is 35.7 Å². The fourth-order valence-electron chi connectivity index (χ4n) is 2.71. The van der Waals surface area contributed by atoms with Crippen molar-refractivity contribution in [1.82, 2.24) is 0 Å². The van der Waals surface area contributed by atoms with Gasteiger partial charge in [0.2, 0.25) is 0 Å². The second kappa shape index (κ2) is 5.76. The Bertz CT molecular complexity index is 378. The van der Waals surface area contributed by atoms with Crippen LogP contribution in [0, 0.1) is 0 Å². The molecule has 0 aromatic heterocycles. The van der Waals surface area contributed by atoms with Crippen molar-refractivity contribution < 1.29 is 0 Å². The van der Waals surface area contributed by atoms with Gasteiger partial charge in [-0.05, 0) is 37.5 Å². The lowest BCUT2D eigenvalue weighted by molar-refractivity contribution is 0.557. The summed E-state index contributed by atoms with van der Waals surface area (Å²) in [6.45, 7) is 3.42. The molecule has 94 valence electrons. The predicted octanol–water partition coefficient (Wildman–Crippen LogP) is 4.19. The molecule has 0 amide bonds. The molecule has 1 aromatic carbocycles. The van der Waals surface area contributed by atoms with Crippen LogP contribution in [0.5, 0.6) is 0 Å². The average molecular weight is 297 g/mol. The van der Waals surface area contributed by atoms with E-state index in [2.05, 4.69) is 39.9 Å². The van der Waals surface area contributed by atoms with Gasteiger partial charge in [-0.25, -0.2) is 0 Å². The summed E-state index contributed by atoms with van der Waals surface area (Å²) in [5.74, 6) is 0. The lowest BCUT2D eigenvalue weighted by Crippen LogP contribution is -2.34. The maximum absolute atomic E-state index is 6.15. The monoisotopic (exact) mass is 296 g/mol. The van der Waals surface area contributed by atoms with E-state index in [0.717, 1.165) is 16.7 Å². The Hall–Kier alpha value is -0.700. The Labute approximate surface area is 112 Å². The van der Waals surface area contributed by atoms with Crippen LogP contribution < -0.4 is 10.6 Å². The van der Waals surface area contributed by atoms with E-state index in [1.807, 2.05) is 6.07 Å². The molecule has 1 aromatic rings. The van der Waals surface area contributed by atoms with E-state index in [1.54, 1.807) is 0 Å². The molecule has 1 aliphatic heterocycles. The van der Waals surface area contributed by atoms with Crippen LogP contribution in [0.4, 0.5) is 11.4 Å². The molecule has 0 spiro atoms. The van der Waals surface area contributed by atoms with Gasteiger partial charge in [-0.2, -0.15) is 0 Å². The molecule has 1 atom stereocenters. The molecular weight excluding hydrogens is 276 g/mol. The second-order valence-corrected chi connectivity index (χ2v) is 5.72. The number of nitrogens with two attached hydrogens (primary N) is 1. The van der Waals surface area contributed by atoms with Crippen molar-refractivity contribution in [3.8, 4) is 0 Å². The van der Waals surface area contributed by atoms with Crippen molar-refractivity contribution in [3.63, 3.8) is 0 Å². The minimum absolute atomic E-state index is 0.654. The Morgan fingerprint density at radius 3 is 2.88 bits per heavy atom. The number of halogens is 1. The summed E-state index contributed by atoms with van der Waals surface area (Å²) in [6.07, 6.45) is 6.49. The topological polar surface area (TPSA) is 29.3 Å². The van der Waals surface area contributed by atoms with Gasteiger partial charge in [0.1, 0.15) is 0 Å². The van der Waals surface area contributed by atoms with Crippen molar-refractivity contribution in [2.75, 3.05) is 17.2 Å². The molecule has 2 N–H and O–H groups in total. The SMILES string of the molecule is CCC1CCCCCN1c1ccc(Br)cc1N. The lowest BCUT2D eigenvalue weighted by atomic mass is 10.1. The molecule has 1 aliphatic rings. The van der Waals surface area contributed by atoms with Gasteiger partial charge in [0, 0.05) is 17.1 Å². The first-order chi connectivity index (χ1) is 8.22. The minimum atomic E-state index is 0.654. The molecule has 0 saturated carbocycles. The van der Waals surface area contributed by atoms with Gasteiger partial charge in [-0.3, -0.25) is 0 Å². The zero-order valence-electron chi connectivity index (χ0n) is 10.5. The molecule has 1 unspecified atom stereocenters. The number of hydrogen-bond donors (Lipinski definition) is 1. The van der Waals surface area contributed by atoms with E-state index in [9.17, 15) is 0 Å². The van der Waals surface area contributed by atoms with Gasteiger partial charge < -0.3 is 10.6 Å². The number of benzene rings is 1. The Kier molecular flexibility index (Phi) is 4.32. The molecule has 0 radical (unpaired) electrons. The van der Waals surface area contributed by atoms with Crippen LogP contribution in [0.25, 0.3) is 0 Å². The van der Waals surface area contributed by atoms with Crippen LogP contribution in [-0.2, 0) is 0 Å². The molecule has 1 saturated heterocycles. The smallest absolute Gasteiger partial charge is 0.0603 e. The average Bonchev–Trinajstić information content (AvgIpc) is 2.54. The molecule has 2 nitrogen and oxygen atoms in total. The Morgan fingerprint density at radius 2 is 2.18 bits per heavy atom. The maximum Gasteiger partial charge on any atom is 0.0603 e. The Balaban J connectivity index is 2.28. The fraction of sp³-hybridized carbons (Fsp3) is 0.571. The normalized spacial score (nSPS) is 21.3. The van der Waals surface area contributed by atoms with E-state index in [4.69, 9.17) is 5.73 Å². The number of rotatable bonds is 2. The van der Waals surface area contributed by atoms with Crippen molar-refractivity contribution >= 4 is 27.3 Å². The summed E-state index contributed by atoms with van der Waals surface area (Å²) in [7, 11) is 0. The zero-order chi connectivity index (χ0) is 12.3. The number of anilines is 2. The molecule has 1 heterocycles. The molecule has 3 heteroatoms. The van der Waals surface area contributed by atoms with Crippen LogP contribution in [-0.4, -0.2) is 12.6 Å². The van der Waals surface area contributed by atoms with Crippen LogP contribution in [0.2, 0.25) is 0 Å². The first-order valence-electron chi connectivity index (χ1n) is 6.54. The third-order valence-corrected chi connectivity index (χ3v) is 4.14. The van der Waals surface area contributed by atoms with E-state index in [0.29, 0.717) is 6.04 Å². The quantitative estimate of drug-likeness (QED) is 0.829. The maximum atomic E-state index is 6.15. The van der Waals surface area contributed by atoms with Crippen LogP contribution in [0.3, 0.4) is 0 Å². The van der Waals surface area contributed by atoms with Crippen LogP contribution >= 0.6 is 15.9 Å². The molecule has 2 rings (SSSR count). The van der Waals surface area contributed by atoms with Crippen molar-refractivity contribution in [1.29, 1.82) is 0 Å². The first kappa shape index (κ1) is 12.7. The highest BCUT2D eigenvalue weighted by Crippen LogP contribution is 2.32. The summed E-state index contributed by atoms with van der Waals surface area (Å²) in [6, 6.07) is 6.89. The number of nitrogen functional groups attached to an aromatic ring is 1. The Morgan fingerprint density at radius 1 is 1.35 bits per heavy atom. The molecular formula is C14H21BrN2. The second-order valence-electron chi connectivity index (χ2n) is 4.81. The third-order valence-electron chi connectivity index (χ3n) is 3.65.